The highest BCUT2D eigenvalue weighted by Crippen LogP contribution is 2.37. The van der Waals surface area contributed by atoms with Crippen LogP contribution in [0.2, 0.25) is 5.02 Å². The van der Waals surface area contributed by atoms with Crippen molar-refractivity contribution in [3.63, 3.8) is 0 Å². The number of amides is 2. The molecule has 3 rings (SSSR count). The van der Waals surface area contributed by atoms with E-state index in [1.54, 1.807) is 24.3 Å². The Kier molecular flexibility index (Phi) is 6.49. The number of carbonyl (C=O) groups excluding carboxylic acids is 1. The van der Waals surface area contributed by atoms with Crippen LogP contribution in [0.25, 0.3) is 0 Å². The Labute approximate surface area is 176 Å². The van der Waals surface area contributed by atoms with E-state index < -0.39 is 26.7 Å². The lowest BCUT2D eigenvalue weighted by Crippen LogP contribution is -2.33. The fraction of sp³-hybridized carbons (Fsp3) is 0.278. The van der Waals surface area contributed by atoms with Crippen molar-refractivity contribution in [2.75, 3.05) is 10.6 Å². The van der Waals surface area contributed by atoms with E-state index in [1.165, 1.54) is 12.1 Å². The van der Waals surface area contributed by atoms with Crippen LogP contribution < -0.4 is 15.4 Å². The summed E-state index contributed by atoms with van der Waals surface area (Å²) in [6, 6.07) is 8.82. The number of nitrogens with one attached hydrogen (secondary N) is 3. The Morgan fingerprint density at radius 2 is 1.71 bits per heavy atom. The van der Waals surface area contributed by atoms with Crippen LogP contribution in [0, 0.1) is 0 Å². The van der Waals surface area contributed by atoms with Crippen LogP contribution in [0.15, 0.2) is 45.8 Å². The second-order valence-corrected chi connectivity index (χ2v) is 9.35. The Morgan fingerprint density at radius 1 is 1.07 bits per heavy atom. The first kappa shape index (κ1) is 20.9. The molecule has 1 saturated carbocycles. The van der Waals surface area contributed by atoms with E-state index in [1.807, 2.05) is 0 Å². The van der Waals surface area contributed by atoms with Crippen molar-refractivity contribution < 1.29 is 18.3 Å². The van der Waals surface area contributed by atoms with Crippen molar-refractivity contribution >= 4 is 55.0 Å². The van der Waals surface area contributed by atoms with Crippen LogP contribution in [-0.4, -0.2) is 25.6 Å². The van der Waals surface area contributed by atoms with Crippen LogP contribution >= 0.6 is 27.5 Å². The highest BCUT2D eigenvalue weighted by atomic mass is 79.9. The summed E-state index contributed by atoms with van der Waals surface area (Å²) < 4.78 is 28.7. The van der Waals surface area contributed by atoms with E-state index >= 15 is 0 Å². The summed E-state index contributed by atoms with van der Waals surface area (Å²) >= 11 is 9.36. The fourth-order valence-electron chi connectivity index (χ4n) is 3.06. The lowest BCUT2D eigenvalue weighted by molar-refractivity contribution is 0.262. The van der Waals surface area contributed by atoms with Gasteiger partial charge in [0.1, 0.15) is 4.90 Å². The second-order valence-electron chi connectivity index (χ2n) is 6.43. The van der Waals surface area contributed by atoms with Gasteiger partial charge in [0.15, 0.2) is 5.75 Å². The predicted octanol–water partition coefficient (Wildman–Crippen LogP) is 4.67. The molecule has 1 fully saturated rings. The van der Waals surface area contributed by atoms with Gasteiger partial charge in [-0.05, 0) is 53.0 Å². The number of aromatic hydroxyl groups is 1. The normalized spacial score (nSPS) is 14.8. The number of sulfonamides is 1. The van der Waals surface area contributed by atoms with Gasteiger partial charge in [-0.1, -0.05) is 36.6 Å². The highest BCUT2D eigenvalue weighted by molar-refractivity contribution is 9.10. The molecule has 4 N–H and O–H groups in total. The zero-order chi connectivity index (χ0) is 20.3. The number of carbonyl (C=O) groups is 1. The topological polar surface area (TPSA) is 108 Å². The lowest BCUT2D eigenvalue weighted by atomic mass is 10.3. The molecule has 150 valence electrons. The van der Waals surface area contributed by atoms with E-state index in [0.717, 1.165) is 25.7 Å². The number of hydrogen-bond acceptors (Lipinski definition) is 4. The Morgan fingerprint density at radius 3 is 2.39 bits per heavy atom. The van der Waals surface area contributed by atoms with Gasteiger partial charge in [0.25, 0.3) is 0 Å². The lowest BCUT2D eigenvalue weighted by Gasteiger charge is -2.17. The van der Waals surface area contributed by atoms with E-state index in [-0.39, 0.29) is 16.8 Å². The van der Waals surface area contributed by atoms with Crippen molar-refractivity contribution in [1.29, 1.82) is 0 Å². The molecule has 0 atom stereocenters. The number of hydrogen-bond donors (Lipinski definition) is 4. The summed E-state index contributed by atoms with van der Waals surface area (Å²) in [4.78, 5) is 11.8. The minimum absolute atomic E-state index is 0.0687. The molecule has 0 heterocycles. The summed E-state index contributed by atoms with van der Waals surface area (Å²) in [6.45, 7) is 0. The molecule has 0 bridgehead atoms. The van der Waals surface area contributed by atoms with Crippen molar-refractivity contribution in [2.24, 2.45) is 0 Å². The molecule has 0 saturated heterocycles. The average molecular weight is 489 g/mol. The maximum atomic E-state index is 12.7. The van der Waals surface area contributed by atoms with Gasteiger partial charge in [-0.3, -0.25) is 0 Å². The number of anilines is 2. The predicted molar refractivity (Wildman–Crippen MR) is 112 cm³/mol. The molecule has 7 nitrogen and oxygen atoms in total. The van der Waals surface area contributed by atoms with Gasteiger partial charge in [0, 0.05) is 10.5 Å². The van der Waals surface area contributed by atoms with Gasteiger partial charge < -0.3 is 15.7 Å². The van der Waals surface area contributed by atoms with Gasteiger partial charge in [0.2, 0.25) is 10.0 Å². The largest absolute Gasteiger partial charge is 0.504 e. The molecule has 1 aliphatic rings. The number of urea groups is 1. The van der Waals surface area contributed by atoms with Crippen molar-refractivity contribution in [3.05, 3.63) is 45.9 Å². The van der Waals surface area contributed by atoms with E-state index in [9.17, 15) is 18.3 Å². The van der Waals surface area contributed by atoms with Crippen molar-refractivity contribution in [1.82, 2.24) is 4.72 Å². The quantitative estimate of drug-likeness (QED) is 0.459. The van der Waals surface area contributed by atoms with Gasteiger partial charge in [-0.15, -0.1) is 0 Å². The van der Waals surface area contributed by atoms with Crippen LogP contribution in [-0.2, 0) is 10.0 Å². The Balaban J connectivity index is 1.82. The summed E-state index contributed by atoms with van der Waals surface area (Å²) in [6.07, 6.45) is 3.38. The SMILES string of the molecule is O=C(Nc1ccccc1Br)Nc1ccc(Cl)c(S(=O)(=O)NC2CCCC2)c1O. The molecule has 0 unspecified atom stereocenters. The van der Waals surface area contributed by atoms with Crippen molar-refractivity contribution in [2.45, 2.75) is 36.6 Å². The number of para-hydroxylation sites is 1. The first-order valence-corrected chi connectivity index (χ1v) is 11.3. The third-order valence-corrected chi connectivity index (χ3v) is 7.11. The third-order valence-electron chi connectivity index (χ3n) is 4.40. The number of phenols is 1. The number of rotatable bonds is 5. The molecule has 1 aliphatic carbocycles. The Bertz CT molecular complexity index is 994. The zero-order valence-corrected chi connectivity index (χ0v) is 17.9. The molecule has 0 spiro atoms. The monoisotopic (exact) mass is 487 g/mol. The second kappa shape index (κ2) is 8.69. The van der Waals surface area contributed by atoms with Gasteiger partial charge in [0.05, 0.1) is 16.4 Å². The number of phenolic OH excluding ortho intramolecular Hbond substituents is 1. The maximum Gasteiger partial charge on any atom is 0.323 e. The first-order chi connectivity index (χ1) is 13.3. The summed E-state index contributed by atoms with van der Waals surface area (Å²) in [5, 5.41) is 15.4. The fourth-order valence-corrected chi connectivity index (χ4v) is 5.39. The average Bonchev–Trinajstić information content (AvgIpc) is 3.11. The number of halogens is 2. The molecular formula is C18H19BrClN3O4S. The van der Waals surface area contributed by atoms with Crippen LogP contribution in [0.3, 0.4) is 0 Å². The molecule has 2 aromatic carbocycles. The summed E-state index contributed by atoms with van der Waals surface area (Å²) in [5.41, 5.74) is 0.449. The van der Waals surface area contributed by atoms with Gasteiger partial charge in [-0.2, -0.15) is 0 Å². The molecule has 0 radical (unpaired) electrons. The minimum atomic E-state index is -4.04. The van der Waals surface area contributed by atoms with Crippen LogP contribution in [0.5, 0.6) is 5.75 Å². The molecule has 28 heavy (non-hydrogen) atoms. The molecule has 2 aromatic rings. The summed E-state index contributed by atoms with van der Waals surface area (Å²) in [7, 11) is -4.04. The summed E-state index contributed by atoms with van der Waals surface area (Å²) in [5.74, 6) is -0.611. The maximum absolute atomic E-state index is 12.7. The standard InChI is InChI=1S/C18H19BrClN3O4S/c19-12-7-3-4-8-14(12)21-18(25)22-15-10-9-13(20)17(16(15)24)28(26,27)23-11-5-1-2-6-11/h3-4,7-11,23-24H,1-2,5-6H2,(H2,21,22,25). The first-order valence-electron chi connectivity index (χ1n) is 8.64. The number of benzene rings is 2. The molecular weight excluding hydrogens is 470 g/mol. The molecule has 2 amide bonds. The zero-order valence-electron chi connectivity index (χ0n) is 14.7. The van der Waals surface area contributed by atoms with Crippen molar-refractivity contribution in [3.8, 4) is 5.75 Å². The van der Waals surface area contributed by atoms with E-state index in [0.29, 0.717) is 10.2 Å². The Hall–Kier alpha value is -1.81. The van der Waals surface area contributed by atoms with Gasteiger partial charge in [-0.25, -0.2) is 17.9 Å². The van der Waals surface area contributed by atoms with Gasteiger partial charge >= 0.3 is 6.03 Å². The minimum Gasteiger partial charge on any atom is -0.504 e. The molecule has 10 heteroatoms. The van der Waals surface area contributed by atoms with E-state index in [4.69, 9.17) is 11.6 Å². The van der Waals surface area contributed by atoms with Crippen LogP contribution in [0.1, 0.15) is 25.7 Å². The third kappa shape index (κ3) is 4.78. The molecule has 0 aliphatic heterocycles. The van der Waals surface area contributed by atoms with Crippen LogP contribution in [0.4, 0.5) is 16.2 Å². The molecule has 0 aromatic heterocycles. The van der Waals surface area contributed by atoms with E-state index in [2.05, 4.69) is 31.3 Å². The smallest absolute Gasteiger partial charge is 0.323 e. The highest BCUT2D eigenvalue weighted by Gasteiger charge is 2.29.